The van der Waals surface area contributed by atoms with Gasteiger partial charge in [0.1, 0.15) is 11.5 Å². The van der Waals surface area contributed by atoms with Crippen LogP contribution in [0.5, 0.6) is 11.5 Å². The van der Waals surface area contributed by atoms with E-state index in [0.717, 1.165) is 0 Å². The second-order valence-corrected chi connectivity index (χ2v) is 8.22. The van der Waals surface area contributed by atoms with Gasteiger partial charge in [-0.15, -0.1) is 0 Å². The van der Waals surface area contributed by atoms with E-state index in [4.69, 9.17) is 19.3 Å². The van der Waals surface area contributed by atoms with Crippen molar-refractivity contribution >= 4 is 20.2 Å². The Morgan fingerprint density at radius 3 is 1.00 bits per heavy atom. The fourth-order valence-electron chi connectivity index (χ4n) is 1.28. The van der Waals surface area contributed by atoms with E-state index in [2.05, 4.69) is 0 Å². The predicted molar refractivity (Wildman–Crippen MR) is 93.7 cm³/mol. The summed E-state index contributed by atoms with van der Waals surface area (Å²) in [6.45, 7) is 3.97. The molecule has 0 aliphatic heterocycles. The lowest BCUT2D eigenvalue weighted by molar-refractivity contribution is 0.470. The van der Waals surface area contributed by atoms with Gasteiger partial charge < -0.3 is 10.2 Å². The van der Waals surface area contributed by atoms with E-state index in [1.807, 2.05) is 38.1 Å². The largest absolute Gasteiger partial charge is 0.508 e. The third kappa shape index (κ3) is 15.1. The van der Waals surface area contributed by atoms with Gasteiger partial charge in [-0.1, -0.05) is 35.4 Å². The van der Waals surface area contributed by atoms with Crippen molar-refractivity contribution in [3.63, 3.8) is 0 Å². The molecule has 0 atom stereocenters. The summed E-state index contributed by atoms with van der Waals surface area (Å²) >= 11 is 0. The third-order valence-electron chi connectivity index (χ3n) is 2.37. The normalized spacial score (nSPS) is 10.7. The van der Waals surface area contributed by atoms with Crippen molar-refractivity contribution in [2.45, 2.75) is 13.8 Å². The Morgan fingerprint density at radius 1 is 0.640 bits per heavy atom. The molecule has 0 spiro atoms. The highest BCUT2D eigenvalue weighted by Gasteiger charge is 2.15. The first-order valence-corrected chi connectivity index (χ1v) is 9.92. The standard InChI is InChI=1S/2C7H8O.CH4O6S2/c2*1-6-2-4-7(8)5-3-6;2-8(3,4)1-9(5,6)7/h2*2-5,8H,1H3;1H2,(H,2,3,4)(H,5,6,7). The van der Waals surface area contributed by atoms with Gasteiger partial charge in [-0.2, -0.15) is 16.8 Å². The molecular weight excluding hydrogens is 372 g/mol. The van der Waals surface area contributed by atoms with Crippen LogP contribution in [-0.2, 0) is 20.2 Å². The maximum atomic E-state index is 9.66. The molecule has 25 heavy (non-hydrogen) atoms. The second-order valence-electron chi connectivity index (χ2n) is 4.95. The van der Waals surface area contributed by atoms with Crippen molar-refractivity contribution in [2.24, 2.45) is 0 Å². The van der Waals surface area contributed by atoms with Crippen molar-refractivity contribution in [1.29, 1.82) is 0 Å². The van der Waals surface area contributed by atoms with Crippen LogP contribution in [0.1, 0.15) is 11.1 Å². The van der Waals surface area contributed by atoms with Crippen LogP contribution < -0.4 is 0 Å². The molecule has 2 rings (SSSR count). The summed E-state index contributed by atoms with van der Waals surface area (Å²) in [5, 5.41) is 15.9. The Balaban J connectivity index is 0.000000346. The molecule has 2 aromatic rings. The Hall–Kier alpha value is -2.14. The molecule has 0 heterocycles. The third-order valence-corrected chi connectivity index (χ3v) is 4.75. The Kier molecular flexibility index (Phi) is 9.13. The first-order valence-electron chi connectivity index (χ1n) is 6.70. The molecule has 140 valence electrons. The summed E-state index contributed by atoms with van der Waals surface area (Å²) in [6, 6.07) is 14.2. The van der Waals surface area contributed by atoms with Crippen LogP contribution in [0.3, 0.4) is 0 Å². The van der Waals surface area contributed by atoms with Gasteiger partial charge in [-0.25, -0.2) is 0 Å². The number of hydrogen-bond acceptors (Lipinski definition) is 6. The number of phenols is 2. The van der Waals surface area contributed by atoms with Gasteiger partial charge in [0.15, 0.2) is 0 Å². The SMILES string of the molecule is Cc1ccc(O)cc1.Cc1ccc(O)cc1.O=S(=O)(O)CS(=O)(=O)O. The summed E-state index contributed by atoms with van der Waals surface area (Å²) in [5.41, 5.74) is 2.34. The minimum Gasteiger partial charge on any atom is -0.508 e. The van der Waals surface area contributed by atoms with E-state index in [1.165, 1.54) is 11.1 Å². The van der Waals surface area contributed by atoms with Gasteiger partial charge in [0.25, 0.3) is 20.2 Å². The lowest BCUT2D eigenvalue weighted by Gasteiger charge is -1.89. The van der Waals surface area contributed by atoms with E-state index in [-0.39, 0.29) is 0 Å². The number of hydrogen-bond donors (Lipinski definition) is 4. The van der Waals surface area contributed by atoms with Crippen molar-refractivity contribution < 1.29 is 36.2 Å². The molecule has 2 aromatic carbocycles. The van der Waals surface area contributed by atoms with Crippen LogP contribution in [0.4, 0.5) is 0 Å². The summed E-state index contributed by atoms with van der Waals surface area (Å²) in [4.78, 5) is 0. The number of benzene rings is 2. The molecule has 0 aliphatic rings. The Morgan fingerprint density at radius 2 is 0.880 bits per heavy atom. The molecule has 4 N–H and O–H groups in total. The number of phenolic OH excluding ortho intramolecular Hbond substituents is 2. The quantitative estimate of drug-likeness (QED) is 0.568. The zero-order valence-electron chi connectivity index (χ0n) is 13.6. The number of aryl methyl sites for hydroxylation is 2. The molecule has 0 unspecified atom stereocenters. The van der Waals surface area contributed by atoms with E-state index in [9.17, 15) is 16.8 Å². The van der Waals surface area contributed by atoms with E-state index >= 15 is 0 Å². The molecule has 0 aromatic heterocycles. The van der Waals surface area contributed by atoms with Crippen molar-refractivity contribution in [3.05, 3.63) is 59.7 Å². The molecule has 0 radical (unpaired) electrons. The molecule has 0 saturated carbocycles. The number of aromatic hydroxyl groups is 2. The smallest absolute Gasteiger partial charge is 0.281 e. The van der Waals surface area contributed by atoms with Crippen LogP contribution in [0.25, 0.3) is 0 Å². The maximum Gasteiger partial charge on any atom is 0.281 e. The molecule has 0 aliphatic carbocycles. The van der Waals surface area contributed by atoms with E-state index < -0.39 is 25.3 Å². The number of rotatable bonds is 2. The van der Waals surface area contributed by atoms with Crippen LogP contribution in [0.2, 0.25) is 0 Å². The minimum atomic E-state index is -4.62. The first kappa shape index (κ1) is 22.9. The summed E-state index contributed by atoms with van der Waals surface area (Å²) in [5.74, 6) is 0.659. The molecule has 0 fully saturated rings. The van der Waals surface area contributed by atoms with Crippen LogP contribution >= 0.6 is 0 Å². The van der Waals surface area contributed by atoms with Crippen molar-refractivity contribution in [3.8, 4) is 11.5 Å². The molecule has 0 bridgehead atoms. The Labute approximate surface area is 146 Å². The van der Waals surface area contributed by atoms with Gasteiger partial charge >= 0.3 is 0 Å². The van der Waals surface area contributed by atoms with Crippen LogP contribution in [0, 0.1) is 13.8 Å². The minimum absolute atomic E-state index is 0.329. The van der Waals surface area contributed by atoms with Crippen molar-refractivity contribution in [1.82, 2.24) is 0 Å². The molecule has 0 amide bonds. The van der Waals surface area contributed by atoms with Gasteiger partial charge in [-0.05, 0) is 38.1 Å². The van der Waals surface area contributed by atoms with Gasteiger partial charge in [0.2, 0.25) is 5.08 Å². The zero-order valence-corrected chi connectivity index (χ0v) is 15.2. The van der Waals surface area contributed by atoms with Crippen LogP contribution in [-0.4, -0.2) is 41.2 Å². The summed E-state index contributed by atoms with van der Waals surface area (Å²) in [7, 11) is -9.24. The topological polar surface area (TPSA) is 149 Å². The molecule has 10 heteroatoms. The first-order chi connectivity index (χ1) is 11.3. The Bertz CT molecular complexity index is 724. The fourth-order valence-corrected chi connectivity index (χ4v) is 2.78. The van der Waals surface area contributed by atoms with Gasteiger partial charge in [0.05, 0.1) is 0 Å². The highest BCUT2D eigenvalue weighted by atomic mass is 32.3. The fraction of sp³-hybridized carbons (Fsp3) is 0.200. The molecular formula is C15H20O8S2. The van der Waals surface area contributed by atoms with E-state index in [1.54, 1.807) is 24.3 Å². The highest BCUT2D eigenvalue weighted by Crippen LogP contribution is 2.08. The van der Waals surface area contributed by atoms with Gasteiger partial charge in [0, 0.05) is 0 Å². The van der Waals surface area contributed by atoms with Gasteiger partial charge in [-0.3, -0.25) is 9.11 Å². The zero-order chi connectivity index (χ0) is 19.7. The maximum absolute atomic E-state index is 9.66. The summed E-state index contributed by atoms with van der Waals surface area (Å²) in [6.07, 6.45) is 0. The summed E-state index contributed by atoms with van der Waals surface area (Å²) < 4.78 is 54.2. The lowest BCUT2D eigenvalue weighted by atomic mass is 10.2. The monoisotopic (exact) mass is 392 g/mol. The average molecular weight is 392 g/mol. The van der Waals surface area contributed by atoms with E-state index in [0.29, 0.717) is 11.5 Å². The van der Waals surface area contributed by atoms with Crippen LogP contribution in [0.15, 0.2) is 48.5 Å². The molecule has 0 saturated heterocycles. The highest BCUT2D eigenvalue weighted by molar-refractivity contribution is 8.02. The second kappa shape index (κ2) is 9.99. The predicted octanol–water partition coefficient (Wildman–Crippen LogP) is 2.12. The molecule has 8 nitrogen and oxygen atoms in total. The average Bonchev–Trinajstić information content (AvgIpc) is 2.43. The van der Waals surface area contributed by atoms with Crippen molar-refractivity contribution in [2.75, 3.05) is 5.08 Å². The lowest BCUT2D eigenvalue weighted by Crippen LogP contribution is -2.13.